The van der Waals surface area contributed by atoms with Crippen LogP contribution in [0.3, 0.4) is 0 Å². The number of carbonyl (C=O) groups is 2. The minimum absolute atomic E-state index is 0.0110. The summed E-state index contributed by atoms with van der Waals surface area (Å²) in [5, 5.41) is 32.2. The number of methoxy groups -OCH3 is 1. The number of phenolic OH excluding ortho intramolecular Hbond substituents is 1. The van der Waals surface area contributed by atoms with Gasteiger partial charge in [-0.05, 0) is 129 Å². The summed E-state index contributed by atoms with van der Waals surface area (Å²) in [6, 6.07) is 4.56. The molecule has 5 fully saturated rings. The molecule has 0 bridgehead atoms. The van der Waals surface area contributed by atoms with Crippen LogP contribution in [0.5, 0.6) is 11.5 Å². The summed E-state index contributed by atoms with van der Waals surface area (Å²) in [4.78, 5) is 27.1. The molecule has 1 aromatic carbocycles. The predicted octanol–water partition coefficient (Wildman–Crippen LogP) is 7.64. The molecule has 0 heterocycles. The Morgan fingerprint density at radius 1 is 0.956 bits per heavy atom. The average Bonchev–Trinajstić information content (AvgIpc) is 3.39. The SMILES string of the molecule is C=C(C)C1CCC2(C(=O)O)CCC3(C)C(CCC4C5(C)CCC(O)C(C)(C)C5CC(OC(=O)c5ccc(O)c(OC)c5)C43C)C12. The quantitative estimate of drug-likeness (QED) is 0.228. The van der Waals surface area contributed by atoms with Crippen LogP contribution < -0.4 is 4.74 Å². The third kappa shape index (κ3) is 4.24. The summed E-state index contributed by atoms with van der Waals surface area (Å²) in [6.07, 6.45) is 6.37. The molecule has 3 N–H and O–H groups in total. The number of aliphatic hydroxyl groups is 1. The van der Waals surface area contributed by atoms with Crippen LogP contribution in [0.1, 0.15) is 110 Å². The van der Waals surface area contributed by atoms with E-state index in [2.05, 4.69) is 48.1 Å². The standard InChI is InChI=1S/C38H54O7/c1-21(2)23-13-16-38(33(42)43)18-17-36(6)24(31(23)38)10-12-27-35(5)15-14-29(40)34(3,4)28(35)20-30(37(27,36)7)45-32(41)22-9-11-25(39)26(19-22)44-8/h9,11,19,23-24,27-31,39-40H,1,10,12-18,20H2,2-8H3,(H,42,43). The van der Waals surface area contributed by atoms with Gasteiger partial charge in [0.1, 0.15) is 6.10 Å². The van der Waals surface area contributed by atoms with Crippen LogP contribution >= 0.6 is 0 Å². The van der Waals surface area contributed by atoms with Crippen molar-refractivity contribution in [1.82, 2.24) is 0 Å². The highest BCUT2D eigenvalue weighted by Gasteiger charge is 2.75. The number of carbonyl (C=O) groups excluding carboxylic acids is 1. The second-order valence-corrected chi connectivity index (χ2v) is 16.9. The number of allylic oxidation sites excluding steroid dienone is 1. The van der Waals surface area contributed by atoms with Gasteiger partial charge in [0.25, 0.3) is 0 Å². The zero-order valence-corrected chi connectivity index (χ0v) is 28.3. The van der Waals surface area contributed by atoms with E-state index in [1.54, 1.807) is 6.07 Å². The Kier molecular flexibility index (Phi) is 7.55. The Morgan fingerprint density at radius 2 is 1.67 bits per heavy atom. The largest absolute Gasteiger partial charge is 0.504 e. The Hall–Kier alpha value is -2.54. The van der Waals surface area contributed by atoms with Crippen LogP contribution in [0.15, 0.2) is 30.4 Å². The fraction of sp³-hybridized carbons (Fsp3) is 0.737. The van der Waals surface area contributed by atoms with Gasteiger partial charge < -0.3 is 24.8 Å². The molecule has 0 aliphatic heterocycles. The minimum atomic E-state index is -0.732. The first kappa shape index (κ1) is 32.4. The van der Waals surface area contributed by atoms with Crippen molar-refractivity contribution in [3.63, 3.8) is 0 Å². The molecule has 0 amide bonds. The molecule has 5 saturated carbocycles. The van der Waals surface area contributed by atoms with E-state index in [0.29, 0.717) is 24.8 Å². The summed E-state index contributed by atoms with van der Waals surface area (Å²) in [6.45, 7) is 18.0. The highest BCUT2D eigenvalue weighted by molar-refractivity contribution is 5.90. The predicted molar refractivity (Wildman–Crippen MR) is 172 cm³/mol. The normalized spacial score (nSPS) is 44.8. The molecule has 1 aromatic rings. The van der Waals surface area contributed by atoms with Crippen molar-refractivity contribution < 1.29 is 34.4 Å². The van der Waals surface area contributed by atoms with Crippen LogP contribution in [-0.4, -0.2) is 46.6 Å². The molecule has 5 aliphatic carbocycles. The van der Waals surface area contributed by atoms with E-state index >= 15 is 0 Å². The lowest BCUT2D eigenvalue weighted by atomic mass is 9.31. The van der Waals surface area contributed by atoms with E-state index in [1.807, 2.05) is 0 Å². The molecule has 7 nitrogen and oxygen atoms in total. The number of phenols is 1. The Balaban J connectivity index is 1.48. The van der Waals surface area contributed by atoms with Gasteiger partial charge in [0.2, 0.25) is 0 Å². The second-order valence-electron chi connectivity index (χ2n) is 16.9. The highest BCUT2D eigenvalue weighted by atomic mass is 16.5. The summed E-state index contributed by atoms with van der Waals surface area (Å²) in [7, 11) is 1.46. The Morgan fingerprint density at radius 3 is 2.31 bits per heavy atom. The zero-order valence-electron chi connectivity index (χ0n) is 28.3. The van der Waals surface area contributed by atoms with Gasteiger partial charge in [-0.3, -0.25) is 4.79 Å². The topological polar surface area (TPSA) is 113 Å². The van der Waals surface area contributed by atoms with Crippen molar-refractivity contribution in [3.05, 3.63) is 35.9 Å². The van der Waals surface area contributed by atoms with Crippen molar-refractivity contribution in [3.8, 4) is 11.5 Å². The third-order valence-electron chi connectivity index (χ3n) is 15.2. The van der Waals surface area contributed by atoms with Gasteiger partial charge in [-0.2, -0.15) is 0 Å². The number of carboxylic acid groups (broad SMARTS) is 1. The minimum Gasteiger partial charge on any atom is -0.504 e. The lowest BCUT2D eigenvalue weighted by Crippen LogP contribution is -2.71. The Labute approximate surface area is 268 Å². The van der Waals surface area contributed by atoms with E-state index < -0.39 is 35.0 Å². The zero-order chi connectivity index (χ0) is 32.9. The first-order valence-corrected chi connectivity index (χ1v) is 17.1. The van der Waals surface area contributed by atoms with Crippen molar-refractivity contribution in [2.45, 2.75) is 112 Å². The Bertz CT molecular complexity index is 1400. The number of benzene rings is 1. The van der Waals surface area contributed by atoms with Gasteiger partial charge in [0.05, 0.1) is 24.2 Å². The van der Waals surface area contributed by atoms with Crippen molar-refractivity contribution in [2.24, 2.45) is 56.7 Å². The van der Waals surface area contributed by atoms with Gasteiger partial charge >= 0.3 is 11.9 Å². The van der Waals surface area contributed by atoms with Crippen LogP contribution in [-0.2, 0) is 9.53 Å². The fourth-order valence-corrected chi connectivity index (χ4v) is 12.6. The molecule has 11 unspecified atom stereocenters. The highest BCUT2D eigenvalue weighted by Crippen LogP contribution is 2.78. The van der Waals surface area contributed by atoms with Gasteiger partial charge in [-0.15, -0.1) is 0 Å². The summed E-state index contributed by atoms with van der Waals surface area (Å²) in [5.41, 5.74) is -0.398. The maximum atomic E-state index is 14.0. The molecular weight excluding hydrogens is 568 g/mol. The number of aliphatic hydroxyl groups excluding tert-OH is 1. The van der Waals surface area contributed by atoms with E-state index in [9.17, 15) is 24.9 Å². The van der Waals surface area contributed by atoms with Gasteiger partial charge in [0, 0.05) is 5.41 Å². The van der Waals surface area contributed by atoms with E-state index in [-0.39, 0.29) is 57.3 Å². The number of aromatic hydroxyl groups is 1. The molecular formula is C38H54O7. The number of rotatable bonds is 5. The van der Waals surface area contributed by atoms with Crippen LogP contribution in [0, 0.1) is 56.7 Å². The van der Waals surface area contributed by atoms with Gasteiger partial charge in [0.15, 0.2) is 11.5 Å². The van der Waals surface area contributed by atoms with Crippen molar-refractivity contribution in [1.29, 1.82) is 0 Å². The summed E-state index contributed by atoms with van der Waals surface area (Å²) < 4.78 is 12.0. The summed E-state index contributed by atoms with van der Waals surface area (Å²) in [5.74, 6) is -0.180. The lowest BCUT2D eigenvalue weighted by molar-refractivity contribution is -0.282. The first-order valence-electron chi connectivity index (χ1n) is 17.1. The molecule has 11 atom stereocenters. The fourth-order valence-electron chi connectivity index (χ4n) is 12.6. The molecule has 0 saturated heterocycles. The first-order chi connectivity index (χ1) is 21.0. The third-order valence-corrected chi connectivity index (χ3v) is 15.2. The lowest BCUT2D eigenvalue weighted by Gasteiger charge is -2.73. The monoisotopic (exact) mass is 622 g/mol. The van der Waals surface area contributed by atoms with Crippen LogP contribution in [0.25, 0.3) is 0 Å². The summed E-state index contributed by atoms with van der Waals surface area (Å²) >= 11 is 0. The number of hydrogen-bond donors (Lipinski definition) is 3. The number of aliphatic carboxylic acids is 1. The maximum Gasteiger partial charge on any atom is 0.338 e. The van der Waals surface area contributed by atoms with Gasteiger partial charge in [-0.25, -0.2) is 4.79 Å². The average molecular weight is 623 g/mol. The molecule has 0 aromatic heterocycles. The molecule has 7 heteroatoms. The number of ether oxygens (including phenoxy) is 2. The second kappa shape index (κ2) is 10.5. The molecule has 45 heavy (non-hydrogen) atoms. The number of carboxylic acids is 1. The van der Waals surface area contributed by atoms with Gasteiger partial charge in [-0.1, -0.05) is 46.8 Å². The molecule has 0 spiro atoms. The van der Waals surface area contributed by atoms with Crippen molar-refractivity contribution >= 4 is 11.9 Å². The van der Waals surface area contributed by atoms with Crippen LogP contribution in [0.4, 0.5) is 0 Å². The van der Waals surface area contributed by atoms with E-state index in [0.717, 1.165) is 44.1 Å². The van der Waals surface area contributed by atoms with Crippen molar-refractivity contribution in [2.75, 3.05) is 7.11 Å². The smallest absolute Gasteiger partial charge is 0.338 e. The molecule has 248 valence electrons. The molecule has 0 radical (unpaired) electrons. The number of esters is 1. The number of fused-ring (bicyclic) bond motifs is 7. The molecule has 5 aliphatic rings. The van der Waals surface area contributed by atoms with E-state index in [1.165, 1.54) is 19.2 Å². The number of hydrogen-bond acceptors (Lipinski definition) is 6. The van der Waals surface area contributed by atoms with E-state index in [4.69, 9.17) is 9.47 Å². The maximum absolute atomic E-state index is 14.0. The molecule has 6 rings (SSSR count). The van der Waals surface area contributed by atoms with Crippen LogP contribution in [0.2, 0.25) is 0 Å².